The molecule has 0 atom stereocenters. The molecule has 2 N–H and O–H groups in total. The van der Waals surface area contributed by atoms with Crippen molar-refractivity contribution in [3.8, 4) is 0 Å². The van der Waals surface area contributed by atoms with E-state index in [2.05, 4.69) is 46.5 Å². The quantitative estimate of drug-likeness (QED) is 0.447. The number of nitrogens with zero attached hydrogens (tertiary/aromatic N) is 3. The summed E-state index contributed by atoms with van der Waals surface area (Å²) >= 11 is 0. The molecule has 116 valence electrons. The minimum atomic E-state index is 1.07. The molecule has 19 heavy (non-hydrogen) atoms. The third-order valence-corrected chi connectivity index (χ3v) is 3.31. The first kappa shape index (κ1) is 18.8. The zero-order chi connectivity index (χ0) is 14.5. The Morgan fingerprint density at radius 3 is 1.89 bits per heavy atom. The third kappa shape index (κ3) is 12.6. The maximum absolute atomic E-state index is 3.24. The highest BCUT2D eigenvalue weighted by Crippen LogP contribution is 1.93. The lowest BCUT2D eigenvalue weighted by Crippen LogP contribution is -2.39. The van der Waals surface area contributed by atoms with Gasteiger partial charge in [-0.3, -0.25) is 0 Å². The maximum atomic E-state index is 3.24. The normalized spacial score (nSPS) is 12.0. The summed E-state index contributed by atoms with van der Waals surface area (Å²) in [6.45, 7) is 9.09. The van der Waals surface area contributed by atoms with Crippen molar-refractivity contribution in [3.63, 3.8) is 0 Å². The molecular weight excluding hydrogens is 238 g/mol. The van der Waals surface area contributed by atoms with Crippen LogP contribution in [-0.2, 0) is 0 Å². The summed E-state index contributed by atoms with van der Waals surface area (Å²) in [5, 5.41) is 6.46. The maximum Gasteiger partial charge on any atom is 0.0110 e. The van der Waals surface area contributed by atoms with Gasteiger partial charge in [0.05, 0.1) is 0 Å². The van der Waals surface area contributed by atoms with Crippen molar-refractivity contribution < 1.29 is 0 Å². The number of hydrogen-bond acceptors (Lipinski definition) is 5. The van der Waals surface area contributed by atoms with Crippen molar-refractivity contribution in [1.29, 1.82) is 0 Å². The van der Waals surface area contributed by atoms with Crippen LogP contribution in [0.3, 0.4) is 0 Å². The Morgan fingerprint density at radius 1 is 0.684 bits per heavy atom. The summed E-state index contributed by atoms with van der Waals surface area (Å²) in [5.41, 5.74) is 0. The van der Waals surface area contributed by atoms with Crippen molar-refractivity contribution in [2.24, 2.45) is 0 Å². The fourth-order valence-corrected chi connectivity index (χ4v) is 1.88. The number of nitrogens with one attached hydrogen (secondary N) is 2. The Morgan fingerprint density at radius 2 is 1.32 bits per heavy atom. The second-order valence-electron chi connectivity index (χ2n) is 5.51. The molecule has 5 heteroatoms. The highest BCUT2D eigenvalue weighted by Gasteiger charge is 2.06. The molecule has 0 fully saturated rings. The molecule has 0 heterocycles. The predicted molar refractivity (Wildman–Crippen MR) is 85.0 cm³/mol. The van der Waals surface area contributed by atoms with E-state index in [1.165, 1.54) is 13.0 Å². The van der Waals surface area contributed by atoms with Gasteiger partial charge in [-0.25, -0.2) is 0 Å². The molecule has 0 unspecified atom stereocenters. The van der Waals surface area contributed by atoms with Crippen molar-refractivity contribution in [2.45, 2.75) is 6.42 Å². The molecule has 5 nitrogen and oxygen atoms in total. The minimum Gasteiger partial charge on any atom is -0.320 e. The van der Waals surface area contributed by atoms with Gasteiger partial charge >= 0.3 is 0 Å². The topological polar surface area (TPSA) is 33.8 Å². The summed E-state index contributed by atoms with van der Waals surface area (Å²) in [7, 11) is 10.5. The standard InChI is InChI=1S/C14H35N5/c1-15-7-6-9-19(10-8-16-2)14-13-18(5)12-11-17(3)4/h15-16H,6-14H2,1-5H3. The fraction of sp³-hybridized carbons (Fsp3) is 1.00. The Balaban J connectivity index is 3.81. The molecule has 0 aromatic carbocycles. The Kier molecular flexibility index (Phi) is 12.7. The molecular formula is C14H35N5. The summed E-state index contributed by atoms with van der Waals surface area (Å²) < 4.78 is 0. The average molecular weight is 273 g/mol. The Hall–Kier alpha value is -0.200. The summed E-state index contributed by atoms with van der Waals surface area (Å²) in [4.78, 5) is 7.21. The van der Waals surface area contributed by atoms with Gasteiger partial charge in [-0.2, -0.15) is 0 Å². The smallest absolute Gasteiger partial charge is 0.0110 e. The molecule has 0 radical (unpaired) electrons. The molecule has 0 spiro atoms. The van der Waals surface area contributed by atoms with Crippen LogP contribution in [0, 0.1) is 0 Å². The van der Waals surface area contributed by atoms with Crippen LogP contribution in [0.5, 0.6) is 0 Å². The van der Waals surface area contributed by atoms with E-state index >= 15 is 0 Å². The lowest BCUT2D eigenvalue weighted by Gasteiger charge is -2.26. The van der Waals surface area contributed by atoms with E-state index in [0.717, 1.165) is 45.8 Å². The van der Waals surface area contributed by atoms with Gasteiger partial charge in [-0.05, 0) is 54.7 Å². The van der Waals surface area contributed by atoms with Gasteiger partial charge < -0.3 is 25.3 Å². The van der Waals surface area contributed by atoms with E-state index in [4.69, 9.17) is 0 Å². The number of likely N-dealkylation sites (N-methyl/N-ethyl adjacent to an activating group) is 3. The van der Waals surface area contributed by atoms with Crippen molar-refractivity contribution in [1.82, 2.24) is 25.3 Å². The monoisotopic (exact) mass is 273 g/mol. The first-order valence-electron chi connectivity index (χ1n) is 7.45. The molecule has 0 aliphatic rings. The fourth-order valence-electron chi connectivity index (χ4n) is 1.88. The van der Waals surface area contributed by atoms with Crippen LogP contribution < -0.4 is 10.6 Å². The lowest BCUT2D eigenvalue weighted by molar-refractivity contribution is 0.213. The molecule has 0 saturated carbocycles. The van der Waals surface area contributed by atoms with Gasteiger partial charge in [-0.1, -0.05) is 0 Å². The number of rotatable bonds is 13. The summed E-state index contributed by atoms with van der Waals surface area (Å²) in [6, 6.07) is 0. The van der Waals surface area contributed by atoms with Crippen LogP contribution in [0.25, 0.3) is 0 Å². The summed E-state index contributed by atoms with van der Waals surface area (Å²) in [5.74, 6) is 0. The summed E-state index contributed by atoms with van der Waals surface area (Å²) in [6.07, 6.45) is 1.22. The van der Waals surface area contributed by atoms with E-state index in [-0.39, 0.29) is 0 Å². The van der Waals surface area contributed by atoms with Gasteiger partial charge in [0.15, 0.2) is 0 Å². The first-order valence-corrected chi connectivity index (χ1v) is 7.45. The molecule has 0 aliphatic heterocycles. The van der Waals surface area contributed by atoms with Crippen LogP contribution in [0.1, 0.15) is 6.42 Å². The van der Waals surface area contributed by atoms with E-state index in [0.29, 0.717) is 0 Å². The SMILES string of the molecule is CNCCCN(CCNC)CCN(C)CCN(C)C. The van der Waals surface area contributed by atoms with Gasteiger partial charge in [-0.15, -0.1) is 0 Å². The van der Waals surface area contributed by atoms with E-state index in [1.54, 1.807) is 0 Å². The minimum absolute atomic E-state index is 1.07. The van der Waals surface area contributed by atoms with Gasteiger partial charge in [0, 0.05) is 39.3 Å². The van der Waals surface area contributed by atoms with E-state index in [9.17, 15) is 0 Å². The first-order chi connectivity index (χ1) is 9.10. The highest BCUT2D eigenvalue weighted by molar-refractivity contribution is 4.63. The van der Waals surface area contributed by atoms with Crippen LogP contribution in [0.4, 0.5) is 0 Å². The van der Waals surface area contributed by atoms with Gasteiger partial charge in [0.1, 0.15) is 0 Å². The second kappa shape index (κ2) is 12.8. The molecule has 0 aromatic rings. The van der Waals surface area contributed by atoms with Crippen LogP contribution in [0.2, 0.25) is 0 Å². The van der Waals surface area contributed by atoms with Crippen molar-refractivity contribution in [3.05, 3.63) is 0 Å². The molecule has 0 rings (SSSR count). The zero-order valence-electron chi connectivity index (χ0n) is 13.7. The van der Waals surface area contributed by atoms with E-state index < -0.39 is 0 Å². The van der Waals surface area contributed by atoms with Gasteiger partial charge in [0.2, 0.25) is 0 Å². The largest absolute Gasteiger partial charge is 0.320 e. The van der Waals surface area contributed by atoms with Gasteiger partial charge in [0.25, 0.3) is 0 Å². The van der Waals surface area contributed by atoms with Crippen LogP contribution in [0.15, 0.2) is 0 Å². The zero-order valence-corrected chi connectivity index (χ0v) is 13.7. The Bertz CT molecular complexity index is 187. The molecule has 0 aliphatic carbocycles. The predicted octanol–water partition coefficient (Wildman–Crippen LogP) is -0.389. The second-order valence-corrected chi connectivity index (χ2v) is 5.51. The molecule has 0 saturated heterocycles. The Labute approximate surface area is 120 Å². The van der Waals surface area contributed by atoms with Crippen LogP contribution in [-0.4, -0.2) is 102 Å². The van der Waals surface area contributed by atoms with Crippen molar-refractivity contribution >= 4 is 0 Å². The van der Waals surface area contributed by atoms with Crippen molar-refractivity contribution in [2.75, 3.05) is 87.6 Å². The third-order valence-electron chi connectivity index (χ3n) is 3.31. The average Bonchev–Trinajstić information content (AvgIpc) is 2.39. The molecule has 0 amide bonds. The highest BCUT2D eigenvalue weighted by atomic mass is 15.2. The molecule has 0 bridgehead atoms. The van der Waals surface area contributed by atoms with Crippen LogP contribution >= 0.6 is 0 Å². The number of hydrogen-bond donors (Lipinski definition) is 2. The molecule has 0 aromatic heterocycles. The lowest BCUT2D eigenvalue weighted by atomic mass is 10.3. The van der Waals surface area contributed by atoms with E-state index in [1.807, 2.05) is 14.1 Å².